The summed E-state index contributed by atoms with van der Waals surface area (Å²) in [5.41, 5.74) is 8.78. The van der Waals surface area contributed by atoms with E-state index in [0.717, 1.165) is 0 Å². The molecule has 0 amide bonds. The SMILES string of the molecule is NC(C1=CCCC1)c1ccsc1. The molecule has 0 aromatic carbocycles. The molecule has 2 N–H and O–H groups in total. The number of hydrogen-bond acceptors (Lipinski definition) is 2. The van der Waals surface area contributed by atoms with Crippen LogP contribution in [0.3, 0.4) is 0 Å². The highest BCUT2D eigenvalue weighted by molar-refractivity contribution is 7.07. The summed E-state index contributed by atoms with van der Waals surface area (Å²) in [5, 5.41) is 4.23. The average Bonchev–Trinajstić information content (AvgIpc) is 2.77. The summed E-state index contributed by atoms with van der Waals surface area (Å²) in [6.45, 7) is 0. The number of nitrogens with two attached hydrogens (primary N) is 1. The Hall–Kier alpha value is -0.600. The van der Waals surface area contributed by atoms with Crippen LogP contribution >= 0.6 is 11.3 Å². The molecule has 0 radical (unpaired) electrons. The molecule has 0 saturated heterocycles. The molecule has 0 bridgehead atoms. The fourth-order valence-corrected chi connectivity index (χ4v) is 2.34. The highest BCUT2D eigenvalue weighted by Crippen LogP contribution is 2.29. The largest absolute Gasteiger partial charge is 0.321 e. The third-order valence-corrected chi connectivity index (χ3v) is 3.08. The second-order valence-electron chi connectivity index (χ2n) is 3.21. The summed E-state index contributed by atoms with van der Waals surface area (Å²) < 4.78 is 0. The fourth-order valence-electron chi connectivity index (χ4n) is 1.64. The second kappa shape index (κ2) is 3.42. The Balaban J connectivity index is 2.14. The van der Waals surface area contributed by atoms with Crippen LogP contribution in [0, 0.1) is 0 Å². The monoisotopic (exact) mass is 179 g/mol. The maximum absolute atomic E-state index is 6.08. The summed E-state index contributed by atoms with van der Waals surface area (Å²) in [6, 6.07) is 2.29. The molecule has 1 atom stereocenters. The molecule has 64 valence electrons. The van der Waals surface area contributed by atoms with E-state index in [9.17, 15) is 0 Å². The predicted molar refractivity (Wildman–Crippen MR) is 53.2 cm³/mol. The molecular weight excluding hydrogens is 166 g/mol. The number of rotatable bonds is 2. The molecule has 1 aromatic rings. The molecule has 0 saturated carbocycles. The minimum atomic E-state index is 0.166. The van der Waals surface area contributed by atoms with E-state index in [1.807, 2.05) is 0 Å². The first kappa shape index (κ1) is 8.02. The third kappa shape index (κ3) is 1.45. The quantitative estimate of drug-likeness (QED) is 0.694. The minimum Gasteiger partial charge on any atom is -0.321 e. The first-order valence-electron chi connectivity index (χ1n) is 4.34. The van der Waals surface area contributed by atoms with Crippen LogP contribution in [0.4, 0.5) is 0 Å². The lowest BCUT2D eigenvalue weighted by molar-refractivity contribution is 0.787. The van der Waals surface area contributed by atoms with Crippen molar-refractivity contribution in [3.8, 4) is 0 Å². The molecule has 1 aliphatic rings. The zero-order chi connectivity index (χ0) is 8.39. The van der Waals surface area contributed by atoms with Crippen molar-refractivity contribution in [3.63, 3.8) is 0 Å². The van der Waals surface area contributed by atoms with E-state index in [-0.39, 0.29) is 6.04 Å². The van der Waals surface area contributed by atoms with Gasteiger partial charge >= 0.3 is 0 Å². The Labute approximate surface area is 76.9 Å². The lowest BCUT2D eigenvalue weighted by Gasteiger charge is -2.10. The lowest BCUT2D eigenvalue weighted by Crippen LogP contribution is -2.10. The molecule has 0 fully saturated rings. The van der Waals surface area contributed by atoms with Crippen LogP contribution in [-0.4, -0.2) is 0 Å². The van der Waals surface area contributed by atoms with Gasteiger partial charge in [-0.1, -0.05) is 11.6 Å². The van der Waals surface area contributed by atoms with Crippen molar-refractivity contribution in [2.45, 2.75) is 25.3 Å². The Bertz CT molecular complexity index is 274. The number of thiophene rings is 1. The molecule has 1 heterocycles. The number of hydrogen-bond donors (Lipinski definition) is 1. The molecule has 0 spiro atoms. The summed E-state index contributed by atoms with van der Waals surface area (Å²) in [4.78, 5) is 0. The van der Waals surface area contributed by atoms with Crippen molar-refractivity contribution in [3.05, 3.63) is 34.0 Å². The predicted octanol–water partition coefficient (Wildman–Crippen LogP) is 2.86. The van der Waals surface area contributed by atoms with E-state index in [0.29, 0.717) is 0 Å². The normalized spacial score (nSPS) is 19.2. The summed E-state index contributed by atoms with van der Waals surface area (Å²) >= 11 is 1.72. The molecule has 1 aromatic heterocycles. The van der Waals surface area contributed by atoms with Gasteiger partial charge in [0, 0.05) is 0 Å². The molecule has 1 aliphatic carbocycles. The standard InChI is InChI=1S/C10H13NS/c11-10(8-3-1-2-4-8)9-5-6-12-7-9/h3,5-7,10H,1-2,4,11H2. The maximum atomic E-state index is 6.08. The second-order valence-corrected chi connectivity index (χ2v) is 3.99. The van der Waals surface area contributed by atoms with E-state index in [1.54, 1.807) is 11.3 Å². The van der Waals surface area contributed by atoms with Crippen LogP contribution in [0.2, 0.25) is 0 Å². The zero-order valence-corrected chi connectivity index (χ0v) is 7.81. The van der Waals surface area contributed by atoms with Crippen LogP contribution in [0.1, 0.15) is 30.9 Å². The molecule has 2 rings (SSSR count). The van der Waals surface area contributed by atoms with Gasteiger partial charge in [-0.15, -0.1) is 0 Å². The van der Waals surface area contributed by atoms with E-state index in [1.165, 1.54) is 30.4 Å². The van der Waals surface area contributed by atoms with Gasteiger partial charge in [0.2, 0.25) is 0 Å². The van der Waals surface area contributed by atoms with E-state index < -0.39 is 0 Å². The van der Waals surface area contributed by atoms with Crippen molar-refractivity contribution in [1.82, 2.24) is 0 Å². The molecule has 0 aliphatic heterocycles. The Morgan fingerprint density at radius 1 is 1.50 bits per heavy atom. The van der Waals surface area contributed by atoms with E-state index in [4.69, 9.17) is 5.73 Å². The van der Waals surface area contributed by atoms with E-state index >= 15 is 0 Å². The van der Waals surface area contributed by atoms with Gasteiger partial charge in [-0.3, -0.25) is 0 Å². The number of allylic oxidation sites excluding steroid dienone is 1. The molecular formula is C10H13NS. The molecule has 12 heavy (non-hydrogen) atoms. The van der Waals surface area contributed by atoms with Gasteiger partial charge in [-0.25, -0.2) is 0 Å². The Morgan fingerprint density at radius 2 is 2.42 bits per heavy atom. The van der Waals surface area contributed by atoms with Crippen LogP contribution in [-0.2, 0) is 0 Å². The Kier molecular flexibility index (Phi) is 2.28. The van der Waals surface area contributed by atoms with Gasteiger partial charge in [-0.2, -0.15) is 11.3 Å². The van der Waals surface area contributed by atoms with Crippen molar-refractivity contribution < 1.29 is 0 Å². The van der Waals surface area contributed by atoms with Gasteiger partial charge in [-0.05, 0) is 41.7 Å². The van der Waals surface area contributed by atoms with Crippen molar-refractivity contribution >= 4 is 11.3 Å². The van der Waals surface area contributed by atoms with Gasteiger partial charge in [0.1, 0.15) is 0 Å². The van der Waals surface area contributed by atoms with Crippen molar-refractivity contribution in [2.75, 3.05) is 0 Å². The highest BCUT2D eigenvalue weighted by atomic mass is 32.1. The van der Waals surface area contributed by atoms with Crippen LogP contribution in [0.15, 0.2) is 28.5 Å². The minimum absolute atomic E-state index is 0.166. The highest BCUT2D eigenvalue weighted by Gasteiger charge is 2.14. The fraction of sp³-hybridized carbons (Fsp3) is 0.400. The van der Waals surface area contributed by atoms with Gasteiger partial charge in [0.15, 0.2) is 0 Å². The average molecular weight is 179 g/mol. The first-order valence-corrected chi connectivity index (χ1v) is 5.29. The topological polar surface area (TPSA) is 26.0 Å². The molecule has 1 nitrogen and oxygen atoms in total. The van der Waals surface area contributed by atoms with Crippen molar-refractivity contribution in [1.29, 1.82) is 0 Å². The van der Waals surface area contributed by atoms with E-state index in [2.05, 4.69) is 22.9 Å². The van der Waals surface area contributed by atoms with Crippen LogP contribution in [0.5, 0.6) is 0 Å². The van der Waals surface area contributed by atoms with Gasteiger partial charge < -0.3 is 5.73 Å². The van der Waals surface area contributed by atoms with Crippen LogP contribution < -0.4 is 5.73 Å². The molecule has 2 heteroatoms. The first-order chi connectivity index (χ1) is 5.88. The lowest BCUT2D eigenvalue weighted by atomic mass is 10.0. The van der Waals surface area contributed by atoms with Crippen LogP contribution in [0.25, 0.3) is 0 Å². The summed E-state index contributed by atoms with van der Waals surface area (Å²) in [7, 11) is 0. The zero-order valence-electron chi connectivity index (χ0n) is 6.99. The van der Waals surface area contributed by atoms with Crippen molar-refractivity contribution in [2.24, 2.45) is 5.73 Å². The van der Waals surface area contributed by atoms with Gasteiger partial charge in [0.05, 0.1) is 6.04 Å². The smallest absolute Gasteiger partial charge is 0.0519 e. The summed E-state index contributed by atoms with van der Waals surface area (Å²) in [6.07, 6.45) is 5.99. The summed E-state index contributed by atoms with van der Waals surface area (Å²) in [5.74, 6) is 0. The Morgan fingerprint density at radius 3 is 3.00 bits per heavy atom. The third-order valence-electron chi connectivity index (χ3n) is 2.38. The van der Waals surface area contributed by atoms with Gasteiger partial charge in [0.25, 0.3) is 0 Å². The maximum Gasteiger partial charge on any atom is 0.0519 e. The molecule has 1 unspecified atom stereocenters.